The second kappa shape index (κ2) is 5.91. The number of hydrogen-bond donors (Lipinski definition) is 1. The maximum Gasteiger partial charge on any atom is 0.344 e. The molecule has 2 aromatic rings. The Morgan fingerprint density at radius 1 is 1.11 bits per heavy atom. The van der Waals surface area contributed by atoms with Crippen LogP contribution in [0.1, 0.15) is 15.9 Å². The van der Waals surface area contributed by atoms with Crippen LogP contribution in [0.15, 0.2) is 48.5 Å². The van der Waals surface area contributed by atoms with E-state index in [2.05, 4.69) is 0 Å². The Bertz CT molecular complexity index is 567. The van der Waals surface area contributed by atoms with Crippen LogP contribution in [0.2, 0.25) is 0 Å². The molecule has 4 nitrogen and oxygen atoms in total. The first-order chi connectivity index (χ1) is 9.22. The molecule has 0 aromatic heterocycles. The van der Waals surface area contributed by atoms with E-state index in [1.165, 1.54) is 7.11 Å². The molecule has 0 fully saturated rings. The third kappa shape index (κ3) is 3.04. The molecule has 2 rings (SSSR count). The molecule has 0 spiro atoms. The summed E-state index contributed by atoms with van der Waals surface area (Å²) in [5, 5.41) is 0. The van der Waals surface area contributed by atoms with Gasteiger partial charge in [0, 0.05) is 5.69 Å². The van der Waals surface area contributed by atoms with E-state index in [0.29, 0.717) is 11.4 Å². The van der Waals surface area contributed by atoms with Crippen molar-refractivity contribution in [3.8, 4) is 5.75 Å². The average molecular weight is 257 g/mol. The number of esters is 1. The fourth-order valence-corrected chi connectivity index (χ4v) is 1.73. The monoisotopic (exact) mass is 257 g/mol. The summed E-state index contributed by atoms with van der Waals surface area (Å²) in [7, 11) is 1.49. The number of nitrogens with two attached hydrogens (primary N) is 1. The largest absolute Gasteiger partial charge is 0.496 e. The van der Waals surface area contributed by atoms with Crippen LogP contribution in [0.4, 0.5) is 5.69 Å². The minimum Gasteiger partial charge on any atom is -0.496 e. The molecule has 0 aliphatic rings. The van der Waals surface area contributed by atoms with Crippen LogP contribution in [-0.4, -0.2) is 13.1 Å². The van der Waals surface area contributed by atoms with Crippen LogP contribution in [-0.2, 0) is 11.3 Å². The summed E-state index contributed by atoms with van der Waals surface area (Å²) in [5.41, 5.74) is 7.32. The molecule has 0 saturated carbocycles. The number of benzene rings is 2. The van der Waals surface area contributed by atoms with Crippen LogP contribution in [0.25, 0.3) is 0 Å². The Morgan fingerprint density at radius 3 is 2.53 bits per heavy atom. The number of anilines is 1. The minimum atomic E-state index is -0.487. The van der Waals surface area contributed by atoms with Crippen LogP contribution >= 0.6 is 0 Å². The van der Waals surface area contributed by atoms with Gasteiger partial charge in [0.25, 0.3) is 0 Å². The number of methoxy groups -OCH3 is 1. The Labute approximate surface area is 111 Å². The Kier molecular flexibility index (Phi) is 4.03. The molecule has 0 amide bonds. The number of carbonyl (C=O) groups is 1. The molecule has 0 atom stereocenters. The van der Waals surface area contributed by atoms with E-state index < -0.39 is 5.97 Å². The van der Waals surface area contributed by atoms with Gasteiger partial charge in [0.15, 0.2) is 0 Å². The number of carbonyl (C=O) groups excluding carboxylic acids is 1. The number of nitrogen functional groups attached to an aromatic ring is 1. The van der Waals surface area contributed by atoms with Gasteiger partial charge in [-0.15, -0.1) is 0 Å². The van der Waals surface area contributed by atoms with Gasteiger partial charge in [-0.25, -0.2) is 4.79 Å². The van der Waals surface area contributed by atoms with Gasteiger partial charge in [-0.1, -0.05) is 36.4 Å². The second-order valence-corrected chi connectivity index (χ2v) is 3.99. The summed E-state index contributed by atoms with van der Waals surface area (Å²) < 4.78 is 10.4. The molecule has 19 heavy (non-hydrogen) atoms. The van der Waals surface area contributed by atoms with Crippen LogP contribution in [0.3, 0.4) is 0 Å². The van der Waals surface area contributed by atoms with Crippen LogP contribution < -0.4 is 10.5 Å². The fourth-order valence-electron chi connectivity index (χ4n) is 1.73. The number of hydrogen-bond acceptors (Lipinski definition) is 4. The smallest absolute Gasteiger partial charge is 0.344 e. The SMILES string of the molecule is COc1cccc(N)c1C(=O)OCc1ccccc1. The number of rotatable bonds is 4. The highest BCUT2D eigenvalue weighted by Crippen LogP contribution is 2.25. The van der Waals surface area contributed by atoms with E-state index >= 15 is 0 Å². The highest BCUT2D eigenvalue weighted by atomic mass is 16.5. The van der Waals surface area contributed by atoms with E-state index in [0.717, 1.165) is 5.56 Å². The summed E-state index contributed by atoms with van der Waals surface area (Å²) in [6.45, 7) is 0.206. The van der Waals surface area contributed by atoms with Gasteiger partial charge >= 0.3 is 5.97 Å². The van der Waals surface area contributed by atoms with Crippen LogP contribution in [0, 0.1) is 0 Å². The van der Waals surface area contributed by atoms with Crippen molar-refractivity contribution in [2.24, 2.45) is 0 Å². The molecule has 0 unspecified atom stereocenters. The van der Waals surface area contributed by atoms with Gasteiger partial charge in [0.2, 0.25) is 0 Å². The summed E-state index contributed by atoms with van der Waals surface area (Å²) >= 11 is 0. The first-order valence-corrected chi connectivity index (χ1v) is 5.86. The lowest BCUT2D eigenvalue weighted by Crippen LogP contribution is -2.10. The van der Waals surface area contributed by atoms with Crippen molar-refractivity contribution in [3.05, 3.63) is 59.7 Å². The summed E-state index contributed by atoms with van der Waals surface area (Å²) in [5.74, 6) is -0.0723. The molecular formula is C15H15NO3. The van der Waals surface area contributed by atoms with Crippen molar-refractivity contribution in [1.29, 1.82) is 0 Å². The maximum absolute atomic E-state index is 12.0. The molecule has 98 valence electrons. The molecular weight excluding hydrogens is 242 g/mol. The molecule has 0 bridgehead atoms. The third-order valence-corrected chi connectivity index (χ3v) is 2.70. The molecule has 2 N–H and O–H groups in total. The quantitative estimate of drug-likeness (QED) is 0.675. The van der Waals surface area contributed by atoms with Gasteiger partial charge in [0.1, 0.15) is 17.9 Å². The Balaban J connectivity index is 2.12. The lowest BCUT2D eigenvalue weighted by molar-refractivity contribution is 0.0470. The third-order valence-electron chi connectivity index (χ3n) is 2.70. The van der Waals surface area contributed by atoms with Gasteiger partial charge in [0.05, 0.1) is 7.11 Å². The lowest BCUT2D eigenvalue weighted by Gasteiger charge is -2.10. The zero-order valence-corrected chi connectivity index (χ0v) is 10.6. The van der Waals surface area contributed by atoms with Gasteiger partial charge < -0.3 is 15.2 Å². The predicted molar refractivity (Wildman–Crippen MR) is 73.0 cm³/mol. The van der Waals surface area contributed by atoms with Crippen molar-refractivity contribution >= 4 is 11.7 Å². The molecule has 0 radical (unpaired) electrons. The molecule has 2 aromatic carbocycles. The van der Waals surface area contributed by atoms with E-state index in [1.807, 2.05) is 30.3 Å². The van der Waals surface area contributed by atoms with Gasteiger partial charge in [-0.05, 0) is 17.7 Å². The zero-order chi connectivity index (χ0) is 13.7. The minimum absolute atomic E-state index is 0.206. The number of ether oxygens (including phenoxy) is 2. The highest BCUT2D eigenvalue weighted by Gasteiger charge is 2.17. The van der Waals surface area contributed by atoms with E-state index in [9.17, 15) is 4.79 Å². The van der Waals surface area contributed by atoms with Gasteiger partial charge in [-0.2, -0.15) is 0 Å². The second-order valence-electron chi connectivity index (χ2n) is 3.99. The molecule has 0 aliphatic carbocycles. The first kappa shape index (κ1) is 13.0. The highest BCUT2D eigenvalue weighted by molar-refractivity contribution is 5.98. The van der Waals surface area contributed by atoms with Crippen molar-refractivity contribution in [3.63, 3.8) is 0 Å². The van der Waals surface area contributed by atoms with Gasteiger partial charge in [-0.3, -0.25) is 0 Å². The molecule has 0 saturated heterocycles. The normalized spacial score (nSPS) is 9.95. The maximum atomic E-state index is 12.0. The Hall–Kier alpha value is -2.49. The zero-order valence-electron chi connectivity index (χ0n) is 10.6. The topological polar surface area (TPSA) is 61.5 Å². The van der Waals surface area contributed by atoms with Crippen molar-refractivity contribution in [2.75, 3.05) is 12.8 Å². The first-order valence-electron chi connectivity index (χ1n) is 5.86. The van der Waals surface area contributed by atoms with E-state index in [4.69, 9.17) is 15.2 Å². The summed E-state index contributed by atoms with van der Waals surface area (Å²) in [6.07, 6.45) is 0. The predicted octanol–water partition coefficient (Wildman–Crippen LogP) is 2.63. The standard InChI is InChI=1S/C15H15NO3/c1-18-13-9-5-8-12(16)14(13)15(17)19-10-11-6-3-2-4-7-11/h2-9H,10,16H2,1H3. The van der Waals surface area contributed by atoms with E-state index in [1.54, 1.807) is 18.2 Å². The van der Waals surface area contributed by atoms with Crippen molar-refractivity contribution < 1.29 is 14.3 Å². The molecule has 4 heteroatoms. The fraction of sp³-hybridized carbons (Fsp3) is 0.133. The summed E-state index contributed by atoms with van der Waals surface area (Å²) in [4.78, 5) is 12.0. The molecule has 0 heterocycles. The van der Waals surface area contributed by atoms with Crippen molar-refractivity contribution in [2.45, 2.75) is 6.61 Å². The lowest BCUT2D eigenvalue weighted by atomic mass is 10.1. The van der Waals surface area contributed by atoms with E-state index in [-0.39, 0.29) is 12.2 Å². The molecule has 0 aliphatic heterocycles. The van der Waals surface area contributed by atoms with Crippen LogP contribution in [0.5, 0.6) is 5.75 Å². The summed E-state index contributed by atoms with van der Waals surface area (Å²) in [6, 6.07) is 14.5. The average Bonchev–Trinajstić information content (AvgIpc) is 2.45. The van der Waals surface area contributed by atoms with Crippen molar-refractivity contribution in [1.82, 2.24) is 0 Å². The Morgan fingerprint density at radius 2 is 1.84 bits per heavy atom.